The number of hydrogen-bond acceptors (Lipinski definition) is 0. The second kappa shape index (κ2) is 5.46. The molecule has 80 valence electrons. The molecule has 0 aliphatic carbocycles. The first-order chi connectivity index (χ1) is 7.74. The Morgan fingerprint density at radius 1 is 0.688 bits per heavy atom. The molecule has 16 heavy (non-hydrogen) atoms. The molecule has 0 aliphatic heterocycles. The van der Waals surface area contributed by atoms with Crippen molar-refractivity contribution in [3.63, 3.8) is 0 Å². The Kier molecular flexibility index (Phi) is 3.97. The summed E-state index contributed by atoms with van der Waals surface area (Å²) < 4.78 is 2.21. The minimum absolute atomic E-state index is 1.10. The van der Waals surface area contributed by atoms with Gasteiger partial charge in [-0.2, -0.15) is 0 Å². The summed E-state index contributed by atoms with van der Waals surface area (Å²) in [4.78, 5) is 0. The van der Waals surface area contributed by atoms with Crippen molar-refractivity contribution in [1.82, 2.24) is 0 Å². The number of halogens is 2. The molecule has 0 saturated carbocycles. The third-order valence-corrected chi connectivity index (χ3v) is 3.21. The van der Waals surface area contributed by atoms with E-state index in [1.807, 2.05) is 24.3 Å². The van der Waals surface area contributed by atoms with Gasteiger partial charge in [-0.15, -0.1) is 0 Å². The highest BCUT2D eigenvalue weighted by atomic mass is 79.9. The second-order valence-electron chi connectivity index (χ2n) is 3.44. The van der Waals surface area contributed by atoms with Crippen LogP contribution in [0.3, 0.4) is 0 Å². The maximum absolute atomic E-state index is 3.46. The Bertz CT molecular complexity index is 498. The highest BCUT2D eigenvalue weighted by Gasteiger charge is 1.90. The summed E-state index contributed by atoms with van der Waals surface area (Å²) in [6.45, 7) is 0. The predicted molar refractivity (Wildman–Crippen MR) is 77.2 cm³/mol. The maximum atomic E-state index is 3.46. The van der Waals surface area contributed by atoms with Gasteiger partial charge in [-0.05, 0) is 35.4 Å². The van der Waals surface area contributed by atoms with Gasteiger partial charge in [-0.3, -0.25) is 0 Å². The van der Waals surface area contributed by atoms with E-state index in [4.69, 9.17) is 0 Å². The molecule has 0 aliphatic rings. The van der Waals surface area contributed by atoms with Crippen LogP contribution in [0.15, 0.2) is 57.5 Å². The van der Waals surface area contributed by atoms with Crippen molar-refractivity contribution >= 4 is 44.0 Å². The molecule has 0 bridgehead atoms. The Hall–Kier alpha value is -0.860. The highest BCUT2D eigenvalue weighted by Crippen LogP contribution is 2.15. The molecule has 2 rings (SSSR count). The Morgan fingerprint density at radius 2 is 1.38 bits per heavy atom. The monoisotopic (exact) mass is 336 g/mol. The first-order valence-corrected chi connectivity index (χ1v) is 6.52. The molecule has 2 heteroatoms. The van der Waals surface area contributed by atoms with E-state index < -0.39 is 0 Å². The van der Waals surface area contributed by atoms with Crippen molar-refractivity contribution < 1.29 is 0 Å². The molecule has 0 fully saturated rings. The van der Waals surface area contributed by atoms with Gasteiger partial charge in [0.2, 0.25) is 0 Å². The van der Waals surface area contributed by atoms with E-state index in [0.717, 1.165) is 8.95 Å². The summed E-state index contributed by atoms with van der Waals surface area (Å²) in [6, 6.07) is 16.5. The number of rotatable bonds is 2. The molecular weight excluding hydrogens is 328 g/mol. The third-order valence-electron chi connectivity index (χ3n) is 2.19. The van der Waals surface area contributed by atoms with Gasteiger partial charge in [0.1, 0.15) is 0 Å². The SMILES string of the molecule is Brc1ccc(C=Cc2cccc(Br)c2)cc1. The molecule has 0 spiro atoms. The molecule has 0 amide bonds. The van der Waals surface area contributed by atoms with Crippen LogP contribution >= 0.6 is 31.9 Å². The lowest BCUT2D eigenvalue weighted by atomic mass is 10.1. The van der Waals surface area contributed by atoms with Crippen molar-refractivity contribution in [1.29, 1.82) is 0 Å². The lowest BCUT2D eigenvalue weighted by Gasteiger charge is -1.96. The van der Waals surface area contributed by atoms with Gasteiger partial charge < -0.3 is 0 Å². The normalized spacial score (nSPS) is 10.9. The fraction of sp³-hybridized carbons (Fsp3) is 0. The van der Waals surface area contributed by atoms with Crippen LogP contribution in [0.4, 0.5) is 0 Å². The van der Waals surface area contributed by atoms with E-state index in [1.54, 1.807) is 0 Å². The standard InChI is InChI=1S/C14H10Br2/c15-13-8-6-11(7-9-13)4-5-12-2-1-3-14(16)10-12/h1-10H. The van der Waals surface area contributed by atoms with Gasteiger partial charge >= 0.3 is 0 Å². The zero-order valence-corrected chi connectivity index (χ0v) is 11.7. The minimum atomic E-state index is 1.10. The molecule has 0 radical (unpaired) electrons. The highest BCUT2D eigenvalue weighted by molar-refractivity contribution is 9.10. The largest absolute Gasteiger partial charge is 0.0606 e. The number of hydrogen-bond donors (Lipinski definition) is 0. The second-order valence-corrected chi connectivity index (χ2v) is 5.27. The fourth-order valence-corrected chi connectivity index (χ4v) is 2.06. The predicted octanol–water partition coefficient (Wildman–Crippen LogP) is 5.38. The zero-order chi connectivity index (χ0) is 11.4. The van der Waals surface area contributed by atoms with Crippen molar-refractivity contribution in [2.75, 3.05) is 0 Å². The van der Waals surface area contributed by atoms with Gasteiger partial charge in [0.05, 0.1) is 0 Å². The minimum Gasteiger partial charge on any atom is -0.0606 e. The van der Waals surface area contributed by atoms with Crippen molar-refractivity contribution in [2.45, 2.75) is 0 Å². The number of benzene rings is 2. The topological polar surface area (TPSA) is 0 Å². The van der Waals surface area contributed by atoms with Crippen LogP contribution in [0.5, 0.6) is 0 Å². The smallest absolute Gasteiger partial charge is 0.0181 e. The fourth-order valence-electron chi connectivity index (χ4n) is 1.38. The van der Waals surface area contributed by atoms with E-state index in [-0.39, 0.29) is 0 Å². The third kappa shape index (κ3) is 3.32. The van der Waals surface area contributed by atoms with Crippen LogP contribution in [-0.4, -0.2) is 0 Å². The Balaban J connectivity index is 2.18. The summed E-state index contributed by atoms with van der Waals surface area (Å²) >= 11 is 6.88. The summed E-state index contributed by atoms with van der Waals surface area (Å²) in [5.41, 5.74) is 2.39. The summed E-state index contributed by atoms with van der Waals surface area (Å²) in [5.74, 6) is 0. The molecule has 2 aromatic rings. The average molecular weight is 338 g/mol. The summed E-state index contributed by atoms with van der Waals surface area (Å²) in [5, 5.41) is 0. The lowest BCUT2D eigenvalue weighted by molar-refractivity contribution is 1.60. The van der Waals surface area contributed by atoms with Crippen molar-refractivity contribution in [3.05, 3.63) is 68.6 Å². The Labute approximate surface area is 112 Å². The van der Waals surface area contributed by atoms with Gasteiger partial charge in [0, 0.05) is 8.95 Å². The van der Waals surface area contributed by atoms with Crippen LogP contribution in [0.1, 0.15) is 11.1 Å². The first-order valence-electron chi connectivity index (χ1n) is 4.93. The van der Waals surface area contributed by atoms with E-state index in [9.17, 15) is 0 Å². The Morgan fingerprint density at radius 3 is 2.06 bits per heavy atom. The zero-order valence-electron chi connectivity index (χ0n) is 8.53. The van der Waals surface area contributed by atoms with Gasteiger partial charge in [-0.25, -0.2) is 0 Å². The molecule has 0 unspecified atom stereocenters. The van der Waals surface area contributed by atoms with Crippen LogP contribution < -0.4 is 0 Å². The van der Waals surface area contributed by atoms with E-state index in [1.165, 1.54) is 11.1 Å². The quantitative estimate of drug-likeness (QED) is 0.645. The van der Waals surface area contributed by atoms with Gasteiger partial charge in [0.25, 0.3) is 0 Å². The molecular formula is C14H10Br2. The van der Waals surface area contributed by atoms with Crippen LogP contribution in [-0.2, 0) is 0 Å². The van der Waals surface area contributed by atoms with Gasteiger partial charge in [0.15, 0.2) is 0 Å². The maximum Gasteiger partial charge on any atom is 0.0181 e. The van der Waals surface area contributed by atoms with Crippen molar-refractivity contribution in [2.24, 2.45) is 0 Å². The van der Waals surface area contributed by atoms with Crippen molar-refractivity contribution in [3.8, 4) is 0 Å². The summed E-state index contributed by atoms with van der Waals surface area (Å²) in [6.07, 6.45) is 4.21. The average Bonchev–Trinajstić information content (AvgIpc) is 2.28. The van der Waals surface area contributed by atoms with E-state index >= 15 is 0 Å². The molecule has 0 heterocycles. The van der Waals surface area contributed by atoms with Crippen LogP contribution in [0.25, 0.3) is 12.2 Å². The molecule has 2 aromatic carbocycles. The molecule has 0 aromatic heterocycles. The molecule has 0 N–H and O–H groups in total. The van der Waals surface area contributed by atoms with Gasteiger partial charge in [-0.1, -0.05) is 68.3 Å². The van der Waals surface area contributed by atoms with Crippen LogP contribution in [0, 0.1) is 0 Å². The molecule has 0 saturated heterocycles. The van der Waals surface area contributed by atoms with E-state index in [0.29, 0.717) is 0 Å². The first kappa shape index (κ1) is 11.6. The summed E-state index contributed by atoms with van der Waals surface area (Å²) in [7, 11) is 0. The molecule has 0 nitrogen and oxygen atoms in total. The van der Waals surface area contributed by atoms with E-state index in [2.05, 4.69) is 68.3 Å². The lowest BCUT2D eigenvalue weighted by Crippen LogP contribution is -1.73. The molecule has 0 atom stereocenters. The van der Waals surface area contributed by atoms with Crippen LogP contribution in [0.2, 0.25) is 0 Å².